The van der Waals surface area contributed by atoms with E-state index < -0.39 is 10.3 Å². The van der Waals surface area contributed by atoms with Crippen molar-refractivity contribution in [2.45, 2.75) is 0 Å². The number of nitrogens with one attached hydrogen (secondary N) is 2. The van der Waals surface area contributed by atoms with Gasteiger partial charge >= 0.3 is 0 Å². The van der Waals surface area contributed by atoms with Crippen molar-refractivity contribution < 1.29 is 13.5 Å². The molecular weight excluding hydrogens is 180 g/mol. The first-order valence-electron chi connectivity index (χ1n) is 3.38. The zero-order valence-electron chi connectivity index (χ0n) is 6.58. The molecule has 0 aromatic rings. The number of hydrogen-bond acceptors (Lipinski definition) is 3. The van der Waals surface area contributed by atoms with E-state index in [1.54, 1.807) is 0 Å². The fourth-order valence-corrected chi connectivity index (χ4v) is 0.936. The van der Waals surface area contributed by atoms with Gasteiger partial charge in [-0.15, -0.1) is 6.58 Å². The van der Waals surface area contributed by atoms with Crippen molar-refractivity contribution in [2.24, 2.45) is 0 Å². The molecule has 0 radical (unpaired) electrons. The van der Waals surface area contributed by atoms with Crippen LogP contribution in [0.1, 0.15) is 0 Å². The van der Waals surface area contributed by atoms with Crippen LogP contribution in [0.2, 0.25) is 0 Å². The van der Waals surface area contributed by atoms with Crippen molar-refractivity contribution in [3.8, 4) is 0 Å². The van der Waals surface area contributed by atoms with E-state index in [0.717, 1.165) is 0 Å². The molecule has 3 N–H and O–H groups in total. The van der Waals surface area contributed by atoms with E-state index in [1.165, 1.54) is 6.08 Å². The van der Waals surface area contributed by atoms with Crippen LogP contribution in [0.3, 0.4) is 0 Å². The Balaban J connectivity index is 4.08. The van der Waals surface area contributed by atoms with Crippen LogP contribution in [-0.4, -0.2) is 38.3 Å². The normalized spacial score (nSPS) is 9.42. The zero-order valence-corrected chi connectivity index (χ0v) is 7.39. The Morgan fingerprint density at radius 1 is 1.50 bits per heavy atom. The summed E-state index contributed by atoms with van der Waals surface area (Å²) in [4.78, 5) is 0. The van der Waals surface area contributed by atoms with E-state index in [9.17, 15) is 8.42 Å². The van der Waals surface area contributed by atoms with Gasteiger partial charge in [0.1, 0.15) is 0 Å². The van der Waals surface area contributed by atoms with Gasteiger partial charge in [-0.1, -0.05) is 6.08 Å². The predicted molar refractivity (Wildman–Crippen MR) is 47.2 cm³/mol. The highest BCUT2D eigenvalue weighted by atomic mass is 32.2. The van der Waals surface area contributed by atoms with E-state index in [2.05, 4.69) is 17.2 Å². The lowest BCUT2D eigenvalue weighted by Gasteiger charge is -2.02. The minimum absolute atomic E-state index is 0.0241. The van der Waals surface area contributed by atoms with Crippen molar-refractivity contribution in [1.82, 2.24) is 10.6 Å². The molecule has 0 spiro atoms. The van der Waals surface area contributed by atoms with Gasteiger partial charge in [-0.3, -0.25) is 10.6 Å². The summed E-state index contributed by atoms with van der Waals surface area (Å²) in [6.45, 7) is 3.87. The van der Waals surface area contributed by atoms with Crippen molar-refractivity contribution >= 4 is 15.4 Å². The molecule has 0 aliphatic heterocycles. The predicted octanol–water partition coefficient (Wildman–Crippen LogP) is -1.69. The number of hydrogen-bond donors (Lipinski definition) is 3. The van der Waals surface area contributed by atoms with Gasteiger partial charge in [0.2, 0.25) is 10.3 Å². The Hall–Kier alpha value is -0.690. The summed E-state index contributed by atoms with van der Waals surface area (Å²) in [6.07, 6.45) is 1.54. The first kappa shape index (κ1) is 11.3. The summed E-state index contributed by atoms with van der Waals surface area (Å²) in [7, 11) is -2.32. The average Bonchev–Trinajstić information content (AvgIpc) is 2.04. The van der Waals surface area contributed by atoms with Crippen LogP contribution in [0.5, 0.6) is 0 Å². The third-order valence-corrected chi connectivity index (χ3v) is 1.59. The third kappa shape index (κ3) is 5.03. The van der Waals surface area contributed by atoms with Crippen LogP contribution in [-0.2, 0) is 10.3 Å². The lowest BCUT2D eigenvalue weighted by molar-refractivity contribution is 0.300. The second-order valence-corrected chi connectivity index (χ2v) is 2.76. The molecule has 0 amide bonds. The summed E-state index contributed by atoms with van der Waals surface area (Å²) in [5.74, 6) is 0. The minimum atomic E-state index is -2.32. The largest absolute Gasteiger partial charge is 0.395 e. The molecule has 5 nitrogen and oxygen atoms in total. The Kier molecular flexibility index (Phi) is 6.58. The molecule has 0 aliphatic carbocycles. The molecule has 0 fully saturated rings. The van der Waals surface area contributed by atoms with Crippen molar-refractivity contribution in [2.75, 3.05) is 19.7 Å². The number of rotatable bonds is 4. The molecule has 70 valence electrons. The highest BCUT2D eigenvalue weighted by Crippen LogP contribution is 1.64. The third-order valence-electron chi connectivity index (χ3n) is 0.971. The highest BCUT2D eigenvalue weighted by molar-refractivity contribution is 7.72. The smallest absolute Gasteiger partial charge is 0.244 e. The van der Waals surface area contributed by atoms with Gasteiger partial charge in [0.15, 0.2) is 5.11 Å². The quantitative estimate of drug-likeness (QED) is 0.366. The second-order valence-electron chi connectivity index (χ2n) is 1.88. The molecule has 0 aromatic heterocycles. The van der Waals surface area contributed by atoms with Crippen molar-refractivity contribution in [3.05, 3.63) is 12.7 Å². The van der Waals surface area contributed by atoms with E-state index in [0.29, 0.717) is 6.54 Å². The number of aliphatic hydroxyl groups excluding tert-OH is 1. The molecule has 0 saturated carbocycles. The maximum atomic E-state index is 10.4. The van der Waals surface area contributed by atoms with Gasteiger partial charge in [-0.2, -0.15) is 8.42 Å². The Bertz CT molecular complexity index is 250. The fraction of sp³-hybridized carbons (Fsp3) is 0.500. The lowest BCUT2D eigenvalue weighted by atomic mass is 10.6. The first-order chi connectivity index (χ1) is 5.72. The van der Waals surface area contributed by atoms with Gasteiger partial charge in [-0.25, -0.2) is 0 Å². The van der Waals surface area contributed by atoms with Gasteiger partial charge in [-0.05, 0) is 0 Å². The molecule has 0 saturated heterocycles. The van der Waals surface area contributed by atoms with Crippen molar-refractivity contribution in [1.29, 1.82) is 0 Å². The van der Waals surface area contributed by atoms with E-state index >= 15 is 0 Å². The Morgan fingerprint density at radius 3 is 2.58 bits per heavy atom. The molecule has 0 unspecified atom stereocenters. The number of aliphatic hydroxyl groups is 1. The Morgan fingerprint density at radius 2 is 2.17 bits per heavy atom. The Labute approximate surface area is 72.6 Å². The summed E-state index contributed by atoms with van der Waals surface area (Å²) in [5, 5.41) is 13.4. The highest BCUT2D eigenvalue weighted by Gasteiger charge is 1.96. The summed E-state index contributed by atoms with van der Waals surface area (Å²) in [5.41, 5.74) is 0. The van der Waals surface area contributed by atoms with Crippen LogP contribution in [0.15, 0.2) is 12.7 Å². The standard InChI is InChI=1S/C6H12N2O3S/c1-2-3-7-6(12(10)11)8-4-5-9/h2,7-9H,1,3-5H2. The fourth-order valence-electron chi connectivity index (χ4n) is 0.515. The second kappa shape index (κ2) is 6.99. The van der Waals surface area contributed by atoms with Crippen LogP contribution in [0.25, 0.3) is 0 Å². The summed E-state index contributed by atoms with van der Waals surface area (Å²) < 4.78 is 20.9. The average molecular weight is 192 g/mol. The van der Waals surface area contributed by atoms with E-state index in [4.69, 9.17) is 5.11 Å². The van der Waals surface area contributed by atoms with Gasteiger partial charge in [0, 0.05) is 13.1 Å². The topological polar surface area (TPSA) is 78.4 Å². The molecule has 6 heteroatoms. The SMILES string of the molecule is C=CCNC(NCCO)=S(=O)=O. The molecule has 0 rings (SSSR count). The minimum Gasteiger partial charge on any atom is -0.395 e. The van der Waals surface area contributed by atoms with Crippen LogP contribution in [0.4, 0.5) is 0 Å². The van der Waals surface area contributed by atoms with Gasteiger partial charge in [0.25, 0.3) is 0 Å². The van der Waals surface area contributed by atoms with Crippen LogP contribution >= 0.6 is 0 Å². The molecule has 0 aromatic carbocycles. The van der Waals surface area contributed by atoms with E-state index in [1.807, 2.05) is 0 Å². The maximum Gasteiger partial charge on any atom is 0.244 e. The molecule has 0 bridgehead atoms. The summed E-state index contributed by atoms with van der Waals surface area (Å²) in [6, 6.07) is 0. The molecule has 0 aliphatic rings. The van der Waals surface area contributed by atoms with Gasteiger partial charge < -0.3 is 5.11 Å². The monoisotopic (exact) mass is 192 g/mol. The first-order valence-corrected chi connectivity index (χ1v) is 4.45. The molecule has 12 heavy (non-hydrogen) atoms. The molecule has 0 heterocycles. The lowest BCUT2D eigenvalue weighted by Crippen LogP contribution is -2.39. The van der Waals surface area contributed by atoms with Gasteiger partial charge in [0.05, 0.1) is 6.61 Å². The van der Waals surface area contributed by atoms with Crippen LogP contribution < -0.4 is 10.6 Å². The van der Waals surface area contributed by atoms with Crippen LogP contribution in [0, 0.1) is 0 Å². The molecular formula is C6H12N2O3S. The zero-order chi connectivity index (χ0) is 9.40. The maximum absolute atomic E-state index is 10.4. The molecule has 0 atom stereocenters. The van der Waals surface area contributed by atoms with Crippen molar-refractivity contribution in [3.63, 3.8) is 0 Å². The summed E-state index contributed by atoms with van der Waals surface area (Å²) >= 11 is 0. The van der Waals surface area contributed by atoms with E-state index in [-0.39, 0.29) is 18.3 Å².